The first-order valence-corrected chi connectivity index (χ1v) is 7.33. The Hall–Kier alpha value is -2.49. The van der Waals surface area contributed by atoms with Crippen molar-refractivity contribution >= 4 is 11.6 Å². The van der Waals surface area contributed by atoms with E-state index in [0.717, 1.165) is 17.7 Å². The number of aryl methyl sites for hydroxylation is 1. The molecule has 22 heavy (non-hydrogen) atoms. The quantitative estimate of drug-likeness (QED) is 0.885. The van der Waals surface area contributed by atoms with Crippen LogP contribution in [0.25, 0.3) is 0 Å². The molecule has 0 spiro atoms. The predicted molar refractivity (Wildman–Crippen MR) is 87.5 cm³/mol. The van der Waals surface area contributed by atoms with Crippen LogP contribution in [0.3, 0.4) is 0 Å². The first-order valence-electron chi connectivity index (χ1n) is 7.33. The summed E-state index contributed by atoms with van der Waals surface area (Å²) < 4.78 is 10.8. The molecule has 0 radical (unpaired) electrons. The average Bonchev–Trinajstić information content (AvgIpc) is 2.55. The van der Waals surface area contributed by atoms with Gasteiger partial charge in [0.1, 0.15) is 11.5 Å². The molecule has 0 aliphatic carbocycles. The summed E-state index contributed by atoms with van der Waals surface area (Å²) in [5.74, 6) is 1.12. The number of hydrogen-bond acceptors (Lipinski definition) is 3. The van der Waals surface area contributed by atoms with Crippen molar-refractivity contribution in [3.05, 3.63) is 54.1 Å². The van der Waals surface area contributed by atoms with E-state index < -0.39 is 6.10 Å². The number of carbonyl (C=O) groups is 1. The molecule has 0 aliphatic rings. The Labute approximate surface area is 131 Å². The Kier molecular flexibility index (Phi) is 5.42. The van der Waals surface area contributed by atoms with Gasteiger partial charge in [-0.3, -0.25) is 4.79 Å². The molecular weight excluding hydrogens is 278 g/mol. The summed E-state index contributed by atoms with van der Waals surface area (Å²) in [7, 11) is 1.59. The van der Waals surface area contributed by atoms with Gasteiger partial charge in [0.25, 0.3) is 5.91 Å². The topological polar surface area (TPSA) is 47.6 Å². The average molecular weight is 299 g/mol. The molecule has 1 atom stereocenters. The Morgan fingerprint density at radius 2 is 1.86 bits per heavy atom. The minimum absolute atomic E-state index is 0.177. The highest BCUT2D eigenvalue weighted by Gasteiger charge is 2.16. The van der Waals surface area contributed by atoms with Crippen molar-refractivity contribution in [1.29, 1.82) is 0 Å². The van der Waals surface area contributed by atoms with Crippen molar-refractivity contribution in [3.8, 4) is 11.5 Å². The molecule has 0 unspecified atom stereocenters. The molecule has 2 rings (SSSR count). The van der Waals surface area contributed by atoms with E-state index in [-0.39, 0.29) is 5.91 Å². The minimum Gasteiger partial charge on any atom is -0.497 e. The lowest BCUT2D eigenvalue weighted by molar-refractivity contribution is -0.122. The molecule has 2 aromatic rings. The highest BCUT2D eigenvalue weighted by Crippen LogP contribution is 2.21. The van der Waals surface area contributed by atoms with Gasteiger partial charge >= 0.3 is 0 Å². The highest BCUT2D eigenvalue weighted by molar-refractivity contribution is 5.94. The zero-order chi connectivity index (χ0) is 15.9. The standard InChI is InChI=1S/C18H21NO3/c1-4-14-8-5-6-11-17(14)19-18(20)13(2)22-16-10-7-9-15(12-16)21-3/h5-13H,4H2,1-3H3,(H,19,20)/t13-/m1/s1. The third-order valence-corrected chi connectivity index (χ3v) is 3.38. The van der Waals surface area contributed by atoms with E-state index in [0.29, 0.717) is 11.5 Å². The van der Waals surface area contributed by atoms with Crippen LogP contribution in [0.2, 0.25) is 0 Å². The van der Waals surface area contributed by atoms with Crippen LogP contribution < -0.4 is 14.8 Å². The molecule has 1 amide bonds. The van der Waals surface area contributed by atoms with Gasteiger partial charge in [-0.05, 0) is 37.1 Å². The van der Waals surface area contributed by atoms with Crippen molar-refractivity contribution in [2.24, 2.45) is 0 Å². The number of nitrogens with one attached hydrogen (secondary N) is 1. The number of carbonyl (C=O) groups excluding carboxylic acids is 1. The summed E-state index contributed by atoms with van der Waals surface area (Å²) in [5, 5.41) is 2.91. The van der Waals surface area contributed by atoms with Crippen LogP contribution in [0, 0.1) is 0 Å². The van der Waals surface area contributed by atoms with Crippen LogP contribution >= 0.6 is 0 Å². The van der Waals surface area contributed by atoms with Gasteiger partial charge in [0.05, 0.1) is 7.11 Å². The number of anilines is 1. The van der Waals surface area contributed by atoms with Gasteiger partial charge in [-0.2, -0.15) is 0 Å². The number of amides is 1. The monoisotopic (exact) mass is 299 g/mol. The van der Waals surface area contributed by atoms with E-state index in [1.54, 1.807) is 26.2 Å². The van der Waals surface area contributed by atoms with Crippen molar-refractivity contribution < 1.29 is 14.3 Å². The number of hydrogen-bond donors (Lipinski definition) is 1. The van der Waals surface area contributed by atoms with Crippen molar-refractivity contribution in [2.45, 2.75) is 26.4 Å². The van der Waals surface area contributed by atoms with Crippen LogP contribution in [0.1, 0.15) is 19.4 Å². The first-order chi connectivity index (χ1) is 10.6. The molecule has 1 N–H and O–H groups in total. The van der Waals surface area contributed by atoms with Gasteiger partial charge in [0, 0.05) is 11.8 Å². The van der Waals surface area contributed by atoms with E-state index in [2.05, 4.69) is 12.2 Å². The van der Waals surface area contributed by atoms with Crippen LogP contribution in [0.15, 0.2) is 48.5 Å². The summed E-state index contributed by atoms with van der Waals surface area (Å²) in [6, 6.07) is 15.0. The molecule has 0 fully saturated rings. The second kappa shape index (κ2) is 7.50. The predicted octanol–water partition coefficient (Wildman–Crippen LogP) is 3.66. The maximum Gasteiger partial charge on any atom is 0.265 e. The minimum atomic E-state index is -0.600. The summed E-state index contributed by atoms with van der Waals surface area (Å²) in [6.45, 7) is 3.78. The summed E-state index contributed by atoms with van der Waals surface area (Å²) >= 11 is 0. The maximum absolute atomic E-state index is 12.3. The molecule has 0 saturated heterocycles. The number of rotatable bonds is 6. The normalized spacial score (nSPS) is 11.6. The zero-order valence-corrected chi connectivity index (χ0v) is 13.1. The molecule has 0 bridgehead atoms. The lowest BCUT2D eigenvalue weighted by Crippen LogP contribution is -2.30. The van der Waals surface area contributed by atoms with Crippen LogP contribution in [0.5, 0.6) is 11.5 Å². The molecular formula is C18H21NO3. The van der Waals surface area contributed by atoms with Crippen LogP contribution in [-0.2, 0) is 11.2 Å². The SMILES string of the molecule is CCc1ccccc1NC(=O)[C@@H](C)Oc1cccc(OC)c1. The van der Waals surface area contributed by atoms with Gasteiger partial charge in [0.2, 0.25) is 0 Å². The van der Waals surface area contributed by atoms with E-state index >= 15 is 0 Å². The van der Waals surface area contributed by atoms with Gasteiger partial charge < -0.3 is 14.8 Å². The lowest BCUT2D eigenvalue weighted by atomic mass is 10.1. The lowest BCUT2D eigenvalue weighted by Gasteiger charge is -2.16. The molecule has 0 saturated carbocycles. The molecule has 0 aliphatic heterocycles. The summed E-state index contributed by atoms with van der Waals surface area (Å²) in [6.07, 6.45) is 0.263. The third kappa shape index (κ3) is 4.01. The van der Waals surface area contributed by atoms with E-state index in [1.165, 1.54) is 0 Å². The Morgan fingerprint density at radius 3 is 2.59 bits per heavy atom. The maximum atomic E-state index is 12.3. The molecule has 4 heteroatoms. The van der Waals surface area contributed by atoms with Gasteiger partial charge in [0.15, 0.2) is 6.10 Å². The fraction of sp³-hybridized carbons (Fsp3) is 0.278. The molecule has 4 nitrogen and oxygen atoms in total. The smallest absolute Gasteiger partial charge is 0.265 e. The number of para-hydroxylation sites is 1. The van der Waals surface area contributed by atoms with Gasteiger partial charge in [-0.25, -0.2) is 0 Å². The van der Waals surface area contributed by atoms with Crippen molar-refractivity contribution in [2.75, 3.05) is 12.4 Å². The molecule has 116 valence electrons. The second-order valence-electron chi connectivity index (χ2n) is 4.94. The van der Waals surface area contributed by atoms with E-state index in [9.17, 15) is 4.79 Å². The first kappa shape index (κ1) is 15.9. The summed E-state index contributed by atoms with van der Waals surface area (Å²) in [4.78, 5) is 12.3. The fourth-order valence-corrected chi connectivity index (χ4v) is 2.12. The van der Waals surface area contributed by atoms with E-state index in [4.69, 9.17) is 9.47 Å². The zero-order valence-electron chi connectivity index (χ0n) is 13.1. The molecule has 0 aromatic heterocycles. The fourth-order valence-electron chi connectivity index (χ4n) is 2.12. The van der Waals surface area contributed by atoms with Gasteiger partial charge in [-0.15, -0.1) is 0 Å². The largest absolute Gasteiger partial charge is 0.497 e. The second-order valence-corrected chi connectivity index (χ2v) is 4.94. The number of benzene rings is 2. The number of ether oxygens (including phenoxy) is 2. The Balaban J connectivity index is 2.02. The molecule has 0 heterocycles. The van der Waals surface area contributed by atoms with E-state index in [1.807, 2.05) is 36.4 Å². The van der Waals surface area contributed by atoms with Crippen LogP contribution in [0.4, 0.5) is 5.69 Å². The Morgan fingerprint density at radius 1 is 1.14 bits per heavy atom. The third-order valence-electron chi connectivity index (χ3n) is 3.38. The van der Waals surface area contributed by atoms with Crippen molar-refractivity contribution in [1.82, 2.24) is 0 Å². The number of methoxy groups -OCH3 is 1. The molecule has 2 aromatic carbocycles. The Bertz CT molecular complexity index is 640. The van der Waals surface area contributed by atoms with Crippen molar-refractivity contribution in [3.63, 3.8) is 0 Å². The van der Waals surface area contributed by atoms with Crippen LogP contribution in [-0.4, -0.2) is 19.1 Å². The van der Waals surface area contributed by atoms with Gasteiger partial charge in [-0.1, -0.05) is 31.2 Å². The highest BCUT2D eigenvalue weighted by atomic mass is 16.5. The summed E-state index contributed by atoms with van der Waals surface area (Å²) in [5.41, 5.74) is 1.93.